The first-order valence-electron chi connectivity index (χ1n) is 12.2. The fourth-order valence-corrected chi connectivity index (χ4v) is 7.19. The van der Waals surface area contributed by atoms with Crippen LogP contribution in [0.3, 0.4) is 0 Å². The number of aryl methyl sites for hydroxylation is 1. The molecule has 2 aliphatic rings. The molecule has 5 rings (SSSR count). The third kappa shape index (κ3) is 5.16. The van der Waals surface area contributed by atoms with Gasteiger partial charge in [-0.3, -0.25) is 9.78 Å². The monoisotopic (exact) mass is 511 g/mol. The molecule has 6 nitrogen and oxygen atoms in total. The van der Waals surface area contributed by atoms with Crippen LogP contribution < -0.4 is 4.90 Å². The predicted octanol–water partition coefficient (Wildman–Crippen LogP) is 4.88. The molecule has 2 saturated heterocycles. The van der Waals surface area contributed by atoms with Crippen molar-refractivity contribution in [2.45, 2.75) is 43.5 Å². The van der Waals surface area contributed by atoms with E-state index in [0.717, 1.165) is 60.9 Å². The number of aromatic nitrogens is 1. The van der Waals surface area contributed by atoms with Crippen LogP contribution in [0.2, 0.25) is 5.02 Å². The third-order valence-electron chi connectivity index (χ3n) is 7.29. The Kier molecular flexibility index (Phi) is 6.73. The number of rotatable bonds is 5. The van der Waals surface area contributed by atoms with Crippen LogP contribution in [0.5, 0.6) is 0 Å². The van der Waals surface area contributed by atoms with E-state index in [9.17, 15) is 13.2 Å². The summed E-state index contributed by atoms with van der Waals surface area (Å²) in [5.41, 5.74) is 2.13. The zero-order chi connectivity index (χ0) is 24.6. The maximum atomic E-state index is 13.4. The van der Waals surface area contributed by atoms with Crippen molar-refractivity contribution in [1.82, 2.24) is 9.88 Å². The van der Waals surface area contributed by atoms with Gasteiger partial charge < -0.3 is 9.80 Å². The Morgan fingerprint density at radius 2 is 1.74 bits per heavy atom. The normalized spacial score (nSPS) is 19.4. The number of halogens is 1. The van der Waals surface area contributed by atoms with Crippen molar-refractivity contribution in [2.75, 3.05) is 30.3 Å². The van der Waals surface area contributed by atoms with E-state index in [1.807, 2.05) is 36.2 Å². The van der Waals surface area contributed by atoms with E-state index in [2.05, 4.69) is 16.0 Å². The zero-order valence-electron chi connectivity index (χ0n) is 19.9. The van der Waals surface area contributed by atoms with Crippen molar-refractivity contribution in [2.24, 2.45) is 5.92 Å². The van der Waals surface area contributed by atoms with E-state index in [1.165, 1.54) is 0 Å². The number of fused-ring (bicyclic) bond motifs is 1. The molecule has 2 fully saturated rings. The van der Waals surface area contributed by atoms with E-state index in [1.54, 1.807) is 24.3 Å². The van der Waals surface area contributed by atoms with Crippen molar-refractivity contribution in [3.63, 3.8) is 0 Å². The van der Waals surface area contributed by atoms with Gasteiger partial charge in [0, 0.05) is 54.2 Å². The van der Waals surface area contributed by atoms with Crippen LogP contribution in [0.15, 0.2) is 59.6 Å². The van der Waals surface area contributed by atoms with Crippen LogP contribution in [0.25, 0.3) is 10.8 Å². The number of pyridine rings is 1. The second-order valence-electron chi connectivity index (χ2n) is 9.68. The molecule has 3 aromatic rings. The molecule has 0 N–H and O–H groups in total. The number of sulfone groups is 1. The van der Waals surface area contributed by atoms with Gasteiger partial charge in [0.05, 0.1) is 10.6 Å². The highest BCUT2D eigenvalue weighted by Gasteiger charge is 2.37. The highest BCUT2D eigenvalue weighted by atomic mass is 35.5. The Balaban J connectivity index is 1.25. The standard InChI is InChI=1S/C27H30ClN3O3S/c1-19-15-24(8-11-29-19)30-13-9-20(10-14-30)27(32)31-12-2-3-25(31)18-35(33,34)26-7-5-21-16-23(28)6-4-22(21)17-26/h4-8,11,15-17,20,25H,2-3,9-10,12-14,18H2,1H3/t25-/m0/s1. The number of hydrogen-bond acceptors (Lipinski definition) is 5. The van der Waals surface area contributed by atoms with Crippen LogP contribution in [-0.2, 0) is 14.6 Å². The minimum atomic E-state index is -3.53. The van der Waals surface area contributed by atoms with Gasteiger partial charge in [-0.15, -0.1) is 0 Å². The lowest BCUT2D eigenvalue weighted by molar-refractivity contribution is -0.136. The molecule has 8 heteroatoms. The van der Waals surface area contributed by atoms with Gasteiger partial charge in [-0.2, -0.15) is 0 Å². The van der Waals surface area contributed by atoms with Crippen molar-refractivity contribution >= 4 is 43.8 Å². The van der Waals surface area contributed by atoms with E-state index in [-0.39, 0.29) is 23.6 Å². The topological polar surface area (TPSA) is 70.6 Å². The number of likely N-dealkylation sites (tertiary alicyclic amines) is 1. The van der Waals surface area contributed by atoms with Gasteiger partial charge in [0.2, 0.25) is 5.91 Å². The summed E-state index contributed by atoms with van der Waals surface area (Å²) in [5.74, 6) is 0.0248. The lowest BCUT2D eigenvalue weighted by atomic mass is 9.94. The Hall–Kier alpha value is -2.64. The fourth-order valence-electron chi connectivity index (χ4n) is 5.38. The molecule has 0 bridgehead atoms. The minimum absolute atomic E-state index is 0.0347. The number of carbonyl (C=O) groups is 1. The number of benzene rings is 2. The number of nitrogens with zero attached hydrogens (tertiary/aromatic N) is 3. The predicted molar refractivity (Wildman–Crippen MR) is 140 cm³/mol. The Bertz CT molecular complexity index is 1350. The maximum Gasteiger partial charge on any atom is 0.226 e. The molecule has 2 aromatic carbocycles. The van der Waals surface area contributed by atoms with Gasteiger partial charge in [-0.05, 0) is 79.8 Å². The molecule has 0 radical (unpaired) electrons. The van der Waals surface area contributed by atoms with Gasteiger partial charge in [0.1, 0.15) is 0 Å². The number of amides is 1. The highest BCUT2D eigenvalue weighted by molar-refractivity contribution is 7.91. The van der Waals surface area contributed by atoms with Gasteiger partial charge in [-0.25, -0.2) is 8.42 Å². The van der Waals surface area contributed by atoms with Gasteiger partial charge in [-0.1, -0.05) is 23.7 Å². The maximum absolute atomic E-state index is 13.4. The first-order valence-corrected chi connectivity index (χ1v) is 14.2. The van der Waals surface area contributed by atoms with Crippen LogP contribution in [0, 0.1) is 12.8 Å². The minimum Gasteiger partial charge on any atom is -0.371 e. The van der Waals surface area contributed by atoms with Gasteiger partial charge in [0.15, 0.2) is 9.84 Å². The smallest absolute Gasteiger partial charge is 0.226 e. The number of anilines is 1. The molecule has 0 aliphatic carbocycles. The summed E-state index contributed by atoms with van der Waals surface area (Å²) in [5, 5.41) is 2.36. The first kappa shape index (κ1) is 24.1. The van der Waals surface area contributed by atoms with E-state index < -0.39 is 9.84 Å². The molecule has 0 saturated carbocycles. The molecule has 3 heterocycles. The summed E-state index contributed by atoms with van der Waals surface area (Å²) in [4.78, 5) is 22.1. The summed E-state index contributed by atoms with van der Waals surface area (Å²) < 4.78 is 26.6. The molecule has 1 amide bonds. The summed E-state index contributed by atoms with van der Waals surface area (Å²) in [6, 6.07) is 14.4. The van der Waals surface area contributed by atoms with Gasteiger partial charge >= 0.3 is 0 Å². The SMILES string of the molecule is Cc1cc(N2CCC(C(=O)N3CCC[C@H]3CS(=O)(=O)c3ccc4cc(Cl)ccc4c3)CC2)ccn1. The van der Waals surface area contributed by atoms with Crippen LogP contribution in [-0.4, -0.2) is 55.6 Å². The van der Waals surface area contributed by atoms with Crippen molar-refractivity contribution in [3.05, 3.63) is 65.4 Å². The van der Waals surface area contributed by atoms with Crippen LogP contribution >= 0.6 is 11.6 Å². The average Bonchev–Trinajstić information content (AvgIpc) is 3.30. The Labute approximate surface area is 211 Å². The van der Waals surface area contributed by atoms with E-state index in [0.29, 0.717) is 16.5 Å². The van der Waals surface area contributed by atoms with Crippen molar-refractivity contribution in [3.8, 4) is 0 Å². The van der Waals surface area contributed by atoms with E-state index in [4.69, 9.17) is 11.6 Å². The molecule has 1 atom stereocenters. The van der Waals surface area contributed by atoms with E-state index >= 15 is 0 Å². The van der Waals surface area contributed by atoms with Crippen LogP contribution in [0.1, 0.15) is 31.4 Å². The molecule has 1 aromatic heterocycles. The van der Waals surface area contributed by atoms with Gasteiger partial charge in [0.25, 0.3) is 0 Å². The Morgan fingerprint density at radius 3 is 2.51 bits per heavy atom. The highest BCUT2D eigenvalue weighted by Crippen LogP contribution is 2.30. The second-order valence-corrected chi connectivity index (χ2v) is 12.1. The van der Waals surface area contributed by atoms with Crippen molar-refractivity contribution < 1.29 is 13.2 Å². The molecule has 0 spiro atoms. The first-order chi connectivity index (χ1) is 16.8. The van der Waals surface area contributed by atoms with Crippen molar-refractivity contribution in [1.29, 1.82) is 0 Å². The molecule has 0 unspecified atom stereocenters. The molecule has 2 aliphatic heterocycles. The Morgan fingerprint density at radius 1 is 1.00 bits per heavy atom. The summed E-state index contributed by atoms with van der Waals surface area (Å²) in [6.45, 7) is 4.25. The zero-order valence-corrected chi connectivity index (χ0v) is 21.4. The number of piperidine rings is 1. The third-order valence-corrected chi connectivity index (χ3v) is 9.33. The number of hydrogen-bond donors (Lipinski definition) is 0. The quantitative estimate of drug-likeness (QED) is 0.488. The summed E-state index contributed by atoms with van der Waals surface area (Å²) in [7, 11) is -3.53. The second kappa shape index (κ2) is 9.78. The largest absolute Gasteiger partial charge is 0.371 e. The molecular weight excluding hydrogens is 482 g/mol. The molecular formula is C27H30ClN3O3S. The van der Waals surface area contributed by atoms with Crippen LogP contribution in [0.4, 0.5) is 5.69 Å². The summed E-state index contributed by atoms with van der Waals surface area (Å²) >= 11 is 6.06. The number of carbonyl (C=O) groups excluding carboxylic acids is 1. The lowest BCUT2D eigenvalue weighted by Crippen LogP contribution is -2.46. The lowest BCUT2D eigenvalue weighted by Gasteiger charge is -2.36. The average molecular weight is 512 g/mol. The molecule has 184 valence electrons. The summed E-state index contributed by atoms with van der Waals surface area (Å²) in [6.07, 6.45) is 4.95. The molecule has 35 heavy (non-hydrogen) atoms. The fraction of sp³-hybridized carbons (Fsp3) is 0.407.